The van der Waals surface area contributed by atoms with Crippen LogP contribution in [0.25, 0.3) is 0 Å². The van der Waals surface area contributed by atoms with Gasteiger partial charge in [-0.3, -0.25) is 4.79 Å². The van der Waals surface area contributed by atoms with Crippen LogP contribution in [0.3, 0.4) is 0 Å². The van der Waals surface area contributed by atoms with Crippen LogP contribution < -0.4 is 5.73 Å². The van der Waals surface area contributed by atoms with Crippen molar-refractivity contribution < 1.29 is 13.9 Å². The largest absolute Gasteiger partial charge is 0.465 e. The molecule has 60 valence electrons. The van der Waals surface area contributed by atoms with Crippen LogP contribution in [-0.2, 0) is 9.53 Å². The molecule has 2 atom stereocenters. The van der Waals surface area contributed by atoms with Gasteiger partial charge in [0, 0.05) is 0 Å². The van der Waals surface area contributed by atoms with Gasteiger partial charge in [0.05, 0.1) is 6.61 Å². The van der Waals surface area contributed by atoms with Gasteiger partial charge in [0.25, 0.3) is 0 Å². The second kappa shape index (κ2) is 4.22. The number of hydrogen-bond donors (Lipinski definition) is 1. The number of carbonyl (C=O) groups is 1. The highest BCUT2D eigenvalue weighted by Gasteiger charge is 2.20. The van der Waals surface area contributed by atoms with Crippen molar-refractivity contribution >= 4 is 5.97 Å². The molecule has 2 N–H and O–H groups in total. The fraction of sp³-hybridized carbons (Fsp3) is 0.833. The molecule has 0 saturated carbocycles. The predicted molar refractivity (Wildman–Crippen MR) is 35.2 cm³/mol. The minimum atomic E-state index is -1.35. The van der Waals surface area contributed by atoms with E-state index in [0.717, 1.165) is 0 Å². The number of esters is 1. The summed E-state index contributed by atoms with van der Waals surface area (Å²) in [4.78, 5) is 10.6. The Hall–Kier alpha value is -0.640. The number of hydrogen-bond acceptors (Lipinski definition) is 3. The zero-order valence-electron chi connectivity index (χ0n) is 6.13. The maximum absolute atomic E-state index is 12.2. The summed E-state index contributed by atoms with van der Waals surface area (Å²) in [6.45, 7) is 3.11. The predicted octanol–water partition coefficient (Wildman–Crippen LogP) is 0.235. The summed E-state index contributed by atoms with van der Waals surface area (Å²) in [5.41, 5.74) is 5.10. The topological polar surface area (TPSA) is 52.3 Å². The zero-order valence-corrected chi connectivity index (χ0v) is 6.13. The van der Waals surface area contributed by atoms with E-state index >= 15 is 0 Å². The Morgan fingerprint density at radius 1 is 1.80 bits per heavy atom. The van der Waals surface area contributed by atoms with E-state index in [1.165, 1.54) is 6.92 Å². The summed E-state index contributed by atoms with van der Waals surface area (Å²) in [5.74, 6) is -0.683. The first-order valence-electron chi connectivity index (χ1n) is 3.15. The number of ether oxygens (including phenoxy) is 1. The van der Waals surface area contributed by atoms with Gasteiger partial charge in [-0.05, 0) is 13.8 Å². The van der Waals surface area contributed by atoms with Gasteiger partial charge in [-0.25, -0.2) is 4.39 Å². The first-order chi connectivity index (χ1) is 4.59. The van der Waals surface area contributed by atoms with E-state index in [-0.39, 0.29) is 6.61 Å². The molecule has 0 unspecified atom stereocenters. The molecule has 0 amide bonds. The molecule has 0 aliphatic carbocycles. The van der Waals surface area contributed by atoms with Gasteiger partial charge in [0.2, 0.25) is 0 Å². The Labute approximate surface area is 59.3 Å². The highest BCUT2D eigenvalue weighted by molar-refractivity contribution is 5.76. The van der Waals surface area contributed by atoms with Crippen LogP contribution in [-0.4, -0.2) is 24.8 Å². The standard InChI is InChI=1S/C6H12FNO2/c1-3-10-6(9)5(8)4(2)7/h4-5H,3,8H2,1-2H3/t4-,5-/m1/s1. The Bertz CT molecular complexity index is 116. The third-order valence-electron chi connectivity index (χ3n) is 1.05. The maximum Gasteiger partial charge on any atom is 0.325 e. The molecule has 3 nitrogen and oxygen atoms in total. The summed E-state index contributed by atoms with van der Waals surface area (Å²) in [7, 11) is 0. The van der Waals surface area contributed by atoms with Crippen LogP contribution in [0.5, 0.6) is 0 Å². The molecule has 0 aromatic rings. The lowest BCUT2D eigenvalue weighted by atomic mass is 10.2. The molecule has 0 aromatic heterocycles. The van der Waals surface area contributed by atoms with E-state index in [2.05, 4.69) is 4.74 Å². The first-order valence-corrected chi connectivity index (χ1v) is 3.15. The van der Waals surface area contributed by atoms with Crippen LogP contribution in [0.4, 0.5) is 4.39 Å². The average Bonchev–Trinajstić information content (AvgIpc) is 1.87. The maximum atomic E-state index is 12.2. The third kappa shape index (κ3) is 2.77. The van der Waals surface area contributed by atoms with Crippen molar-refractivity contribution in [3.63, 3.8) is 0 Å². The molecule has 10 heavy (non-hydrogen) atoms. The van der Waals surface area contributed by atoms with E-state index < -0.39 is 18.2 Å². The van der Waals surface area contributed by atoms with Gasteiger partial charge in [0.1, 0.15) is 12.2 Å². The van der Waals surface area contributed by atoms with Gasteiger partial charge in [-0.2, -0.15) is 0 Å². The van der Waals surface area contributed by atoms with Crippen molar-refractivity contribution in [2.45, 2.75) is 26.1 Å². The van der Waals surface area contributed by atoms with E-state index in [4.69, 9.17) is 5.73 Å². The fourth-order valence-corrected chi connectivity index (χ4v) is 0.426. The van der Waals surface area contributed by atoms with Crippen molar-refractivity contribution in [3.8, 4) is 0 Å². The van der Waals surface area contributed by atoms with Crippen molar-refractivity contribution in [2.75, 3.05) is 6.61 Å². The van der Waals surface area contributed by atoms with Gasteiger partial charge in [-0.15, -0.1) is 0 Å². The summed E-state index contributed by atoms with van der Waals surface area (Å²) in [6, 6.07) is -1.14. The number of halogens is 1. The molecule has 0 spiro atoms. The molecule has 0 radical (unpaired) electrons. The Morgan fingerprint density at radius 2 is 2.30 bits per heavy atom. The fourth-order valence-electron chi connectivity index (χ4n) is 0.426. The van der Waals surface area contributed by atoms with E-state index in [0.29, 0.717) is 0 Å². The summed E-state index contributed by atoms with van der Waals surface area (Å²) >= 11 is 0. The molecule has 0 rings (SSSR count). The molecule has 0 aliphatic rings. The SMILES string of the molecule is CCOC(=O)[C@H](N)[C@@H](C)F. The molecule has 0 saturated heterocycles. The number of nitrogens with two attached hydrogens (primary N) is 1. The second-order valence-corrected chi connectivity index (χ2v) is 1.96. The molecule has 0 aliphatic heterocycles. The average molecular weight is 149 g/mol. The van der Waals surface area contributed by atoms with E-state index in [1.54, 1.807) is 6.92 Å². The molecule has 0 heterocycles. The van der Waals surface area contributed by atoms with Crippen LogP contribution in [0, 0.1) is 0 Å². The quantitative estimate of drug-likeness (QED) is 0.584. The van der Waals surface area contributed by atoms with E-state index in [1.807, 2.05) is 0 Å². The molecule has 0 aromatic carbocycles. The summed E-state index contributed by atoms with van der Waals surface area (Å²) in [6.07, 6.45) is -1.35. The van der Waals surface area contributed by atoms with Gasteiger partial charge in [-0.1, -0.05) is 0 Å². The molecule has 4 heteroatoms. The second-order valence-electron chi connectivity index (χ2n) is 1.96. The van der Waals surface area contributed by atoms with Gasteiger partial charge in [0.15, 0.2) is 0 Å². The Kier molecular flexibility index (Phi) is 3.95. The smallest absolute Gasteiger partial charge is 0.325 e. The van der Waals surface area contributed by atoms with Crippen LogP contribution >= 0.6 is 0 Å². The lowest BCUT2D eigenvalue weighted by Crippen LogP contribution is -2.39. The zero-order chi connectivity index (χ0) is 8.15. The molecular weight excluding hydrogens is 137 g/mol. The highest BCUT2D eigenvalue weighted by Crippen LogP contribution is 1.96. The number of rotatable bonds is 3. The van der Waals surface area contributed by atoms with Crippen molar-refractivity contribution in [1.29, 1.82) is 0 Å². The van der Waals surface area contributed by atoms with Gasteiger partial charge < -0.3 is 10.5 Å². The van der Waals surface area contributed by atoms with Crippen molar-refractivity contribution in [3.05, 3.63) is 0 Å². The number of carbonyl (C=O) groups excluding carboxylic acids is 1. The lowest BCUT2D eigenvalue weighted by molar-refractivity contribution is -0.146. The van der Waals surface area contributed by atoms with Crippen LogP contribution in [0.1, 0.15) is 13.8 Å². The normalized spacial score (nSPS) is 16.0. The minimum Gasteiger partial charge on any atom is -0.465 e. The Morgan fingerprint density at radius 3 is 2.60 bits per heavy atom. The molecule has 0 bridgehead atoms. The highest BCUT2D eigenvalue weighted by atomic mass is 19.1. The lowest BCUT2D eigenvalue weighted by Gasteiger charge is -2.10. The first kappa shape index (κ1) is 9.36. The van der Waals surface area contributed by atoms with Crippen molar-refractivity contribution in [2.24, 2.45) is 5.73 Å². The monoisotopic (exact) mass is 149 g/mol. The van der Waals surface area contributed by atoms with Gasteiger partial charge >= 0.3 is 5.97 Å². The van der Waals surface area contributed by atoms with Crippen LogP contribution in [0.2, 0.25) is 0 Å². The number of alkyl halides is 1. The minimum absolute atomic E-state index is 0.235. The Balaban J connectivity index is 3.71. The molecule has 0 fully saturated rings. The molecular formula is C6H12FNO2. The van der Waals surface area contributed by atoms with Crippen LogP contribution in [0.15, 0.2) is 0 Å². The van der Waals surface area contributed by atoms with E-state index in [9.17, 15) is 9.18 Å². The third-order valence-corrected chi connectivity index (χ3v) is 1.05. The summed E-state index contributed by atoms with van der Waals surface area (Å²) < 4.78 is 16.7. The van der Waals surface area contributed by atoms with Crippen molar-refractivity contribution in [1.82, 2.24) is 0 Å². The summed E-state index contributed by atoms with van der Waals surface area (Å²) in [5, 5.41) is 0.